The second-order valence-electron chi connectivity index (χ2n) is 3.60. The van der Waals surface area contributed by atoms with Gasteiger partial charge in [-0.05, 0) is 18.9 Å². The van der Waals surface area contributed by atoms with Gasteiger partial charge in [-0.1, -0.05) is 13.3 Å². The van der Waals surface area contributed by atoms with Crippen molar-refractivity contribution in [2.75, 3.05) is 18.4 Å². The maximum Gasteiger partial charge on any atom is 0.147 e. The Balaban J connectivity index is 2.21. The maximum atomic E-state index is 5.62. The smallest absolute Gasteiger partial charge is 0.147 e. The Morgan fingerprint density at radius 2 is 2.43 bits per heavy atom. The topological polar surface area (TPSA) is 55.9 Å². The molecular formula is C10H20N4. The average Bonchev–Trinajstić information content (AvgIpc) is 2.59. The molecular weight excluding hydrogens is 176 g/mol. The van der Waals surface area contributed by atoms with Crippen molar-refractivity contribution in [2.45, 2.75) is 19.8 Å². The molecule has 0 saturated carbocycles. The summed E-state index contributed by atoms with van der Waals surface area (Å²) in [5.41, 5.74) is 5.62. The van der Waals surface area contributed by atoms with Crippen LogP contribution < -0.4 is 11.1 Å². The number of aryl methyl sites for hydroxylation is 1. The molecule has 0 amide bonds. The lowest BCUT2D eigenvalue weighted by Gasteiger charge is -2.11. The molecule has 14 heavy (non-hydrogen) atoms. The quantitative estimate of drug-likeness (QED) is 0.719. The molecule has 0 radical (unpaired) electrons. The normalized spacial score (nSPS) is 12.8. The lowest BCUT2D eigenvalue weighted by Crippen LogP contribution is -2.17. The molecule has 1 heterocycles. The van der Waals surface area contributed by atoms with E-state index in [1.54, 1.807) is 4.68 Å². The fourth-order valence-electron chi connectivity index (χ4n) is 1.40. The minimum absolute atomic E-state index is 0.631. The Morgan fingerprint density at radius 3 is 2.93 bits per heavy atom. The molecule has 0 bridgehead atoms. The van der Waals surface area contributed by atoms with Gasteiger partial charge in [-0.2, -0.15) is 5.10 Å². The van der Waals surface area contributed by atoms with Crippen molar-refractivity contribution in [1.29, 1.82) is 0 Å². The summed E-state index contributed by atoms with van der Waals surface area (Å²) < 4.78 is 1.79. The third-order valence-corrected chi connectivity index (χ3v) is 2.48. The van der Waals surface area contributed by atoms with E-state index in [1.165, 1.54) is 0 Å². The average molecular weight is 196 g/mol. The van der Waals surface area contributed by atoms with Crippen LogP contribution in [0.15, 0.2) is 12.3 Å². The van der Waals surface area contributed by atoms with Crippen molar-refractivity contribution >= 4 is 5.82 Å². The van der Waals surface area contributed by atoms with Gasteiger partial charge in [0.1, 0.15) is 5.82 Å². The van der Waals surface area contributed by atoms with Gasteiger partial charge in [0, 0.05) is 25.9 Å². The molecule has 0 aliphatic rings. The Kier molecular flexibility index (Phi) is 4.46. The standard InChI is InChI=1S/C10H20N4/c1-3-9(8-11)4-6-12-10-5-7-14(2)13-10/h5,7,9H,3-4,6,8,11H2,1-2H3,(H,12,13). The molecule has 0 fully saturated rings. The van der Waals surface area contributed by atoms with Gasteiger partial charge in [-0.25, -0.2) is 0 Å². The number of hydrogen-bond acceptors (Lipinski definition) is 3. The summed E-state index contributed by atoms with van der Waals surface area (Å²) in [6.07, 6.45) is 4.20. The molecule has 4 nitrogen and oxygen atoms in total. The highest BCUT2D eigenvalue weighted by molar-refractivity contribution is 5.31. The molecule has 1 aromatic heterocycles. The molecule has 3 N–H and O–H groups in total. The highest BCUT2D eigenvalue weighted by Crippen LogP contribution is 2.07. The molecule has 0 saturated heterocycles. The van der Waals surface area contributed by atoms with E-state index in [1.807, 2.05) is 19.3 Å². The Morgan fingerprint density at radius 1 is 1.64 bits per heavy atom. The third-order valence-electron chi connectivity index (χ3n) is 2.48. The second kappa shape index (κ2) is 5.65. The van der Waals surface area contributed by atoms with E-state index in [2.05, 4.69) is 17.3 Å². The maximum absolute atomic E-state index is 5.62. The van der Waals surface area contributed by atoms with E-state index in [0.717, 1.165) is 31.7 Å². The van der Waals surface area contributed by atoms with E-state index >= 15 is 0 Å². The summed E-state index contributed by atoms with van der Waals surface area (Å²) in [7, 11) is 1.92. The molecule has 0 aliphatic heterocycles. The van der Waals surface area contributed by atoms with Crippen LogP contribution in [0.5, 0.6) is 0 Å². The largest absolute Gasteiger partial charge is 0.369 e. The fourth-order valence-corrected chi connectivity index (χ4v) is 1.40. The minimum atomic E-state index is 0.631. The van der Waals surface area contributed by atoms with Gasteiger partial charge in [0.05, 0.1) is 0 Å². The van der Waals surface area contributed by atoms with Crippen molar-refractivity contribution in [3.8, 4) is 0 Å². The molecule has 1 unspecified atom stereocenters. The molecule has 4 heteroatoms. The van der Waals surface area contributed by atoms with Crippen LogP contribution in [0.4, 0.5) is 5.82 Å². The molecule has 1 aromatic rings. The second-order valence-corrected chi connectivity index (χ2v) is 3.60. The number of nitrogens with two attached hydrogens (primary N) is 1. The summed E-state index contributed by atoms with van der Waals surface area (Å²) in [4.78, 5) is 0. The first kappa shape index (κ1) is 11.0. The Hall–Kier alpha value is -1.03. The van der Waals surface area contributed by atoms with E-state index in [0.29, 0.717) is 5.92 Å². The van der Waals surface area contributed by atoms with Crippen LogP contribution in [0.1, 0.15) is 19.8 Å². The summed E-state index contributed by atoms with van der Waals surface area (Å²) >= 11 is 0. The van der Waals surface area contributed by atoms with Crippen LogP contribution in [0.2, 0.25) is 0 Å². The van der Waals surface area contributed by atoms with Crippen LogP contribution in [0, 0.1) is 5.92 Å². The van der Waals surface area contributed by atoms with Gasteiger partial charge in [0.2, 0.25) is 0 Å². The van der Waals surface area contributed by atoms with Gasteiger partial charge >= 0.3 is 0 Å². The van der Waals surface area contributed by atoms with Gasteiger partial charge in [0.15, 0.2) is 0 Å². The first-order chi connectivity index (χ1) is 6.76. The van der Waals surface area contributed by atoms with Crippen molar-refractivity contribution in [3.05, 3.63) is 12.3 Å². The van der Waals surface area contributed by atoms with Crippen LogP contribution >= 0.6 is 0 Å². The predicted molar refractivity (Wildman–Crippen MR) is 59.2 cm³/mol. The number of rotatable bonds is 6. The van der Waals surface area contributed by atoms with Crippen LogP contribution in [0.3, 0.4) is 0 Å². The van der Waals surface area contributed by atoms with E-state index in [-0.39, 0.29) is 0 Å². The number of nitrogens with zero attached hydrogens (tertiary/aromatic N) is 2. The number of nitrogens with one attached hydrogen (secondary N) is 1. The Labute approximate surface area is 85.5 Å². The molecule has 0 aromatic carbocycles. The molecule has 1 atom stereocenters. The van der Waals surface area contributed by atoms with Crippen LogP contribution in [-0.4, -0.2) is 22.9 Å². The number of anilines is 1. The molecule has 0 spiro atoms. The van der Waals surface area contributed by atoms with E-state index < -0.39 is 0 Å². The van der Waals surface area contributed by atoms with Gasteiger partial charge < -0.3 is 11.1 Å². The fraction of sp³-hybridized carbons (Fsp3) is 0.700. The summed E-state index contributed by atoms with van der Waals surface area (Å²) in [5.74, 6) is 1.57. The van der Waals surface area contributed by atoms with Gasteiger partial charge in [-0.15, -0.1) is 0 Å². The molecule has 80 valence electrons. The first-order valence-electron chi connectivity index (χ1n) is 5.19. The molecule has 1 rings (SSSR count). The summed E-state index contributed by atoms with van der Waals surface area (Å²) in [6.45, 7) is 3.91. The van der Waals surface area contributed by atoms with Gasteiger partial charge in [-0.3, -0.25) is 4.68 Å². The summed E-state index contributed by atoms with van der Waals surface area (Å²) in [5, 5.41) is 7.51. The van der Waals surface area contributed by atoms with Crippen molar-refractivity contribution in [3.63, 3.8) is 0 Å². The van der Waals surface area contributed by atoms with E-state index in [4.69, 9.17) is 5.73 Å². The zero-order valence-electron chi connectivity index (χ0n) is 9.03. The number of aromatic nitrogens is 2. The molecule has 0 aliphatic carbocycles. The van der Waals surface area contributed by atoms with Crippen molar-refractivity contribution in [2.24, 2.45) is 18.7 Å². The predicted octanol–water partition coefficient (Wildman–Crippen LogP) is 1.21. The highest BCUT2D eigenvalue weighted by atomic mass is 15.3. The number of hydrogen-bond donors (Lipinski definition) is 2. The van der Waals surface area contributed by atoms with Gasteiger partial charge in [0.25, 0.3) is 0 Å². The lowest BCUT2D eigenvalue weighted by molar-refractivity contribution is 0.494. The zero-order valence-corrected chi connectivity index (χ0v) is 9.03. The first-order valence-corrected chi connectivity index (χ1v) is 5.19. The van der Waals surface area contributed by atoms with E-state index in [9.17, 15) is 0 Å². The van der Waals surface area contributed by atoms with Crippen molar-refractivity contribution < 1.29 is 0 Å². The van der Waals surface area contributed by atoms with Crippen LogP contribution in [-0.2, 0) is 7.05 Å². The summed E-state index contributed by atoms with van der Waals surface area (Å²) in [6, 6.07) is 1.98. The monoisotopic (exact) mass is 196 g/mol. The highest BCUT2D eigenvalue weighted by Gasteiger charge is 2.03. The van der Waals surface area contributed by atoms with Crippen molar-refractivity contribution in [1.82, 2.24) is 9.78 Å². The van der Waals surface area contributed by atoms with Crippen LogP contribution in [0.25, 0.3) is 0 Å². The Bertz CT molecular complexity index is 252. The SMILES string of the molecule is CCC(CN)CCNc1ccn(C)n1. The minimum Gasteiger partial charge on any atom is -0.369 e. The lowest BCUT2D eigenvalue weighted by atomic mass is 10.0. The third kappa shape index (κ3) is 3.38. The zero-order chi connectivity index (χ0) is 10.4.